The third kappa shape index (κ3) is 3.84. The number of carbonyl (C=O) groups is 1. The van der Waals surface area contributed by atoms with Gasteiger partial charge in [-0.3, -0.25) is 9.69 Å². The van der Waals surface area contributed by atoms with Crippen LogP contribution in [-0.2, 0) is 4.79 Å². The lowest BCUT2D eigenvalue weighted by Crippen LogP contribution is -2.55. The molecule has 4 nitrogen and oxygen atoms in total. The van der Waals surface area contributed by atoms with Crippen molar-refractivity contribution in [2.75, 3.05) is 32.7 Å². The molecule has 1 fully saturated rings. The van der Waals surface area contributed by atoms with Crippen molar-refractivity contribution in [2.24, 2.45) is 5.73 Å². The molecule has 7 heteroatoms. The smallest absolute Gasteiger partial charge is 0.332 e. The van der Waals surface area contributed by atoms with Crippen LogP contribution in [-0.4, -0.2) is 60.6 Å². The fraction of sp³-hybridized carbons (Fsp3) is 0.909. The highest BCUT2D eigenvalue weighted by molar-refractivity contribution is 5.81. The Labute approximate surface area is 105 Å². The molecule has 1 amide bonds. The van der Waals surface area contributed by atoms with E-state index in [-0.39, 0.29) is 19.1 Å². The van der Waals surface area contributed by atoms with Crippen LogP contribution in [0.3, 0.4) is 0 Å². The number of alkyl halides is 3. The quantitative estimate of drug-likeness (QED) is 0.820. The second-order valence-corrected chi connectivity index (χ2v) is 4.50. The van der Waals surface area contributed by atoms with Gasteiger partial charge in [-0.15, -0.1) is 0 Å². The average molecular weight is 267 g/mol. The van der Waals surface area contributed by atoms with Crippen molar-refractivity contribution in [3.63, 3.8) is 0 Å². The van der Waals surface area contributed by atoms with Gasteiger partial charge in [0.05, 0.1) is 0 Å². The molecular formula is C11H20F3N3O. The largest absolute Gasteiger partial charge is 0.471 e. The molecular weight excluding hydrogens is 247 g/mol. The molecule has 0 aliphatic carbocycles. The fourth-order valence-electron chi connectivity index (χ4n) is 2.25. The van der Waals surface area contributed by atoms with Gasteiger partial charge >= 0.3 is 12.1 Å². The van der Waals surface area contributed by atoms with Crippen LogP contribution in [0.4, 0.5) is 13.2 Å². The molecule has 1 aliphatic rings. The predicted molar refractivity (Wildman–Crippen MR) is 62.0 cm³/mol. The van der Waals surface area contributed by atoms with Gasteiger partial charge in [-0.25, -0.2) is 0 Å². The maximum absolute atomic E-state index is 12.3. The van der Waals surface area contributed by atoms with Crippen LogP contribution in [0.5, 0.6) is 0 Å². The lowest BCUT2D eigenvalue weighted by Gasteiger charge is -2.39. The molecule has 0 saturated carbocycles. The number of rotatable bonds is 4. The van der Waals surface area contributed by atoms with Crippen LogP contribution >= 0.6 is 0 Å². The summed E-state index contributed by atoms with van der Waals surface area (Å²) in [6.45, 7) is 3.72. The van der Waals surface area contributed by atoms with Gasteiger partial charge in [0.2, 0.25) is 0 Å². The van der Waals surface area contributed by atoms with E-state index in [2.05, 4.69) is 4.90 Å². The molecule has 1 aliphatic heterocycles. The summed E-state index contributed by atoms with van der Waals surface area (Å²) in [7, 11) is 0. The molecule has 1 unspecified atom stereocenters. The molecule has 18 heavy (non-hydrogen) atoms. The standard InChI is InChI=1S/C11H20F3N3O/c1-2-3-9(8-15)16-4-6-17(7-5-16)10(18)11(12,13)14/h9H,2-8,15H2,1H3. The SMILES string of the molecule is CCCC(CN)N1CCN(C(=O)C(F)(F)F)CC1. The zero-order chi connectivity index (χ0) is 13.8. The molecule has 0 aromatic heterocycles. The summed E-state index contributed by atoms with van der Waals surface area (Å²) < 4.78 is 36.8. The highest BCUT2D eigenvalue weighted by Gasteiger charge is 2.43. The Kier molecular flexibility index (Phi) is 5.40. The van der Waals surface area contributed by atoms with Gasteiger partial charge in [0.15, 0.2) is 0 Å². The van der Waals surface area contributed by atoms with E-state index in [0.29, 0.717) is 19.6 Å². The molecule has 0 aromatic rings. The monoisotopic (exact) mass is 267 g/mol. The van der Waals surface area contributed by atoms with E-state index in [1.165, 1.54) is 0 Å². The summed E-state index contributed by atoms with van der Waals surface area (Å²) in [6.07, 6.45) is -2.84. The first kappa shape index (κ1) is 15.2. The topological polar surface area (TPSA) is 49.6 Å². The predicted octanol–water partition coefficient (Wildman–Crippen LogP) is 0.820. The number of nitrogens with two attached hydrogens (primary N) is 1. The molecule has 2 N–H and O–H groups in total. The van der Waals surface area contributed by atoms with Gasteiger partial charge in [0, 0.05) is 38.8 Å². The minimum Gasteiger partial charge on any atom is -0.332 e. The van der Waals surface area contributed by atoms with E-state index in [1.54, 1.807) is 0 Å². The number of nitrogens with zero attached hydrogens (tertiary/aromatic N) is 2. The van der Waals surface area contributed by atoms with Crippen molar-refractivity contribution in [2.45, 2.75) is 32.0 Å². The maximum atomic E-state index is 12.3. The molecule has 106 valence electrons. The molecule has 0 spiro atoms. The van der Waals surface area contributed by atoms with Crippen molar-refractivity contribution in [1.29, 1.82) is 0 Å². The summed E-state index contributed by atoms with van der Waals surface area (Å²) in [6, 6.07) is 0.207. The van der Waals surface area contributed by atoms with Crippen LogP contribution in [0.1, 0.15) is 19.8 Å². The lowest BCUT2D eigenvalue weighted by molar-refractivity contribution is -0.187. The molecule has 0 bridgehead atoms. The Hall–Kier alpha value is -0.820. The van der Waals surface area contributed by atoms with Gasteiger partial charge in [-0.2, -0.15) is 13.2 Å². The highest BCUT2D eigenvalue weighted by Crippen LogP contribution is 2.20. The number of hydrogen-bond acceptors (Lipinski definition) is 3. The maximum Gasteiger partial charge on any atom is 0.471 e. The van der Waals surface area contributed by atoms with Crippen LogP contribution in [0, 0.1) is 0 Å². The Balaban J connectivity index is 2.48. The molecule has 0 aromatic carbocycles. The van der Waals surface area contributed by atoms with Gasteiger partial charge in [0.25, 0.3) is 0 Å². The zero-order valence-electron chi connectivity index (χ0n) is 10.5. The summed E-state index contributed by atoms with van der Waals surface area (Å²) in [5.41, 5.74) is 5.65. The Morgan fingerprint density at radius 1 is 1.28 bits per heavy atom. The minimum atomic E-state index is -4.77. The first-order valence-corrected chi connectivity index (χ1v) is 6.20. The van der Waals surface area contributed by atoms with Crippen molar-refractivity contribution in [3.05, 3.63) is 0 Å². The van der Waals surface area contributed by atoms with E-state index in [0.717, 1.165) is 17.7 Å². The van der Waals surface area contributed by atoms with E-state index >= 15 is 0 Å². The van der Waals surface area contributed by atoms with Gasteiger partial charge in [0.1, 0.15) is 0 Å². The number of hydrogen-bond donors (Lipinski definition) is 1. The number of halogens is 3. The van der Waals surface area contributed by atoms with Crippen LogP contribution in [0.15, 0.2) is 0 Å². The van der Waals surface area contributed by atoms with Crippen molar-refractivity contribution in [3.8, 4) is 0 Å². The van der Waals surface area contributed by atoms with Crippen LogP contribution < -0.4 is 5.73 Å². The van der Waals surface area contributed by atoms with Gasteiger partial charge in [-0.1, -0.05) is 13.3 Å². The Morgan fingerprint density at radius 3 is 2.22 bits per heavy atom. The van der Waals surface area contributed by atoms with Crippen LogP contribution in [0.25, 0.3) is 0 Å². The Morgan fingerprint density at radius 2 is 1.83 bits per heavy atom. The Bertz CT molecular complexity index is 275. The zero-order valence-corrected chi connectivity index (χ0v) is 10.5. The molecule has 1 atom stereocenters. The van der Waals surface area contributed by atoms with E-state index in [9.17, 15) is 18.0 Å². The third-order valence-electron chi connectivity index (χ3n) is 3.25. The van der Waals surface area contributed by atoms with E-state index in [4.69, 9.17) is 5.73 Å². The minimum absolute atomic E-state index is 0.124. The lowest BCUT2D eigenvalue weighted by atomic mass is 10.1. The van der Waals surface area contributed by atoms with E-state index < -0.39 is 12.1 Å². The summed E-state index contributed by atoms with van der Waals surface area (Å²) >= 11 is 0. The first-order valence-electron chi connectivity index (χ1n) is 6.20. The number of piperazine rings is 1. The number of carbonyl (C=O) groups excluding carboxylic acids is 1. The summed E-state index contributed by atoms with van der Waals surface area (Å²) in [4.78, 5) is 14.0. The summed E-state index contributed by atoms with van der Waals surface area (Å²) in [5.74, 6) is -1.73. The molecule has 1 heterocycles. The van der Waals surface area contributed by atoms with Crippen molar-refractivity contribution >= 4 is 5.91 Å². The molecule has 1 saturated heterocycles. The number of amides is 1. The summed E-state index contributed by atoms with van der Waals surface area (Å²) in [5, 5.41) is 0. The highest BCUT2D eigenvalue weighted by atomic mass is 19.4. The molecule has 0 radical (unpaired) electrons. The van der Waals surface area contributed by atoms with E-state index in [1.807, 2.05) is 6.92 Å². The van der Waals surface area contributed by atoms with Crippen molar-refractivity contribution in [1.82, 2.24) is 9.80 Å². The average Bonchev–Trinajstić information content (AvgIpc) is 2.34. The van der Waals surface area contributed by atoms with Crippen molar-refractivity contribution < 1.29 is 18.0 Å². The third-order valence-corrected chi connectivity index (χ3v) is 3.25. The second kappa shape index (κ2) is 6.38. The van der Waals surface area contributed by atoms with Crippen LogP contribution in [0.2, 0.25) is 0 Å². The second-order valence-electron chi connectivity index (χ2n) is 4.50. The fourth-order valence-corrected chi connectivity index (χ4v) is 2.25. The normalized spacial score (nSPS) is 19.9. The van der Waals surface area contributed by atoms with Gasteiger partial charge < -0.3 is 10.6 Å². The molecule has 1 rings (SSSR count). The van der Waals surface area contributed by atoms with Gasteiger partial charge in [-0.05, 0) is 6.42 Å². The first-order chi connectivity index (χ1) is 8.40.